The number of hydrogen-bond acceptors (Lipinski definition) is 4. The molecule has 1 fully saturated rings. The maximum atomic E-state index is 12.2. The molecule has 2 atom stereocenters. The van der Waals surface area contributed by atoms with Crippen LogP contribution in [0.5, 0.6) is 0 Å². The summed E-state index contributed by atoms with van der Waals surface area (Å²) in [4.78, 5) is 25.1. The van der Waals surface area contributed by atoms with Crippen LogP contribution in [-0.2, 0) is 10.3 Å². The summed E-state index contributed by atoms with van der Waals surface area (Å²) in [5.74, 6) is -0.464. The molecule has 0 aliphatic carbocycles. The van der Waals surface area contributed by atoms with Gasteiger partial charge in [0.15, 0.2) is 0 Å². The van der Waals surface area contributed by atoms with Crippen LogP contribution in [0.4, 0.5) is 0 Å². The molecule has 130 valence electrons. The van der Waals surface area contributed by atoms with Crippen molar-refractivity contribution in [2.45, 2.75) is 25.2 Å². The minimum atomic E-state index is -0.555. The molecule has 6 heteroatoms. The maximum Gasteiger partial charge on any atom is 0.248 e. The van der Waals surface area contributed by atoms with Gasteiger partial charge in [-0.25, -0.2) is 0 Å². The van der Waals surface area contributed by atoms with E-state index in [-0.39, 0.29) is 5.91 Å². The summed E-state index contributed by atoms with van der Waals surface area (Å²) in [7, 11) is 1.69. The first kappa shape index (κ1) is 17.1. The van der Waals surface area contributed by atoms with Crippen LogP contribution in [0.2, 0.25) is 0 Å². The van der Waals surface area contributed by atoms with Gasteiger partial charge < -0.3 is 10.6 Å². The van der Waals surface area contributed by atoms with Gasteiger partial charge in [-0.1, -0.05) is 30.3 Å². The van der Waals surface area contributed by atoms with E-state index in [2.05, 4.69) is 5.32 Å². The van der Waals surface area contributed by atoms with Gasteiger partial charge >= 0.3 is 0 Å². The van der Waals surface area contributed by atoms with Crippen molar-refractivity contribution < 1.29 is 9.59 Å². The zero-order chi connectivity index (χ0) is 18.2. The number of primary amides is 1. The number of amides is 2. The molecule has 0 radical (unpaired) electrons. The Bertz CT molecular complexity index is 836. The monoisotopic (exact) mass is 338 g/mol. The van der Waals surface area contributed by atoms with E-state index in [4.69, 9.17) is 11.5 Å². The Balaban J connectivity index is 1.98. The molecule has 1 aliphatic rings. The third kappa shape index (κ3) is 3.26. The standard InChI is InChI=1S/C19H22N4O2/c1-19(11-16(24)23(2)18(21)22-19)15-8-4-6-13(10-15)12-5-3-7-14(9-12)17(20)25/h3-10,18,22H,11,21H2,1-2H3,(H2,20,25)/t18?,19-/m0/s1. The topological polar surface area (TPSA) is 101 Å². The second kappa shape index (κ2) is 6.31. The minimum Gasteiger partial charge on any atom is -0.366 e. The summed E-state index contributed by atoms with van der Waals surface area (Å²) in [6, 6.07) is 15.1. The second-order valence-corrected chi connectivity index (χ2v) is 6.63. The van der Waals surface area contributed by atoms with Gasteiger partial charge in [-0.3, -0.25) is 20.6 Å². The van der Waals surface area contributed by atoms with Crippen LogP contribution in [0.1, 0.15) is 29.3 Å². The lowest BCUT2D eigenvalue weighted by Gasteiger charge is -2.43. The highest BCUT2D eigenvalue weighted by Crippen LogP contribution is 2.32. The lowest BCUT2D eigenvalue weighted by molar-refractivity contribution is -0.139. The molecule has 5 N–H and O–H groups in total. The van der Waals surface area contributed by atoms with Gasteiger partial charge in [0.25, 0.3) is 0 Å². The fraction of sp³-hybridized carbons (Fsp3) is 0.263. The summed E-state index contributed by atoms with van der Waals surface area (Å²) < 4.78 is 0. The molecule has 2 aromatic rings. The summed E-state index contributed by atoms with van der Waals surface area (Å²) >= 11 is 0. The molecular formula is C19H22N4O2. The Morgan fingerprint density at radius 1 is 1.20 bits per heavy atom. The lowest BCUT2D eigenvalue weighted by Crippen LogP contribution is -2.64. The van der Waals surface area contributed by atoms with Crippen LogP contribution in [0, 0.1) is 0 Å². The smallest absolute Gasteiger partial charge is 0.248 e. The molecule has 2 amide bonds. The molecule has 0 spiro atoms. The number of carbonyl (C=O) groups excluding carboxylic acids is 2. The van der Waals surface area contributed by atoms with Gasteiger partial charge in [0.2, 0.25) is 11.8 Å². The zero-order valence-corrected chi connectivity index (χ0v) is 14.3. The van der Waals surface area contributed by atoms with Gasteiger partial charge in [-0.2, -0.15) is 0 Å². The first-order valence-corrected chi connectivity index (χ1v) is 8.10. The first-order chi connectivity index (χ1) is 11.8. The average Bonchev–Trinajstić information content (AvgIpc) is 2.60. The largest absolute Gasteiger partial charge is 0.366 e. The number of benzene rings is 2. The molecule has 2 aromatic carbocycles. The molecule has 3 rings (SSSR count). The number of hydrogen-bond donors (Lipinski definition) is 3. The number of nitrogens with zero attached hydrogens (tertiary/aromatic N) is 1. The SMILES string of the molecule is CN1C(=O)C[C@@](C)(c2cccc(-c3cccc(C(N)=O)c3)c2)NC1N. The Morgan fingerprint density at radius 3 is 2.48 bits per heavy atom. The van der Waals surface area contributed by atoms with Crippen LogP contribution in [-0.4, -0.2) is 30.1 Å². The maximum absolute atomic E-state index is 12.2. The molecule has 0 saturated carbocycles. The van der Waals surface area contributed by atoms with Gasteiger partial charge in [0.1, 0.15) is 6.29 Å². The second-order valence-electron chi connectivity index (χ2n) is 6.63. The number of rotatable bonds is 3. The molecule has 1 unspecified atom stereocenters. The molecule has 25 heavy (non-hydrogen) atoms. The van der Waals surface area contributed by atoms with Gasteiger partial charge in [0, 0.05) is 19.0 Å². The van der Waals surface area contributed by atoms with Crippen molar-refractivity contribution in [2.24, 2.45) is 11.5 Å². The molecule has 0 bridgehead atoms. The third-order valence-electron chi connectivity index (χ3n) is 4.76. The molecule has 0 aromatic heterocycles. The van der Waals surface area contributed by atoms with Crippen LogP contribution in [0.3, 0.4) is 0 Å². The quantitative estimate of drug-likeness (QED) is 0.786. The highest BCUT2D eigenvalue weighted by atomic mass is 16.2. The summed E-state index contributed by atoms with van der Waals surface area (Å²) in [5, 5.41) is 3.31. The van der Waals surface area contributed by atoms with Crippen LogP contribution in [0.25, 0.3) is 11.1 Å². The van der Waals surface area contributed by atoms with E-state index in [1.807, 2.05) is 37.3 Å². The van der Waals surface area contributed by atoms with E-state index >= 15 is 0 Å². The van der Waals surface area contributed by atoms with Crippen molar-refractivity contribution in [1.29, 1.82) is 0 Å². The van der Waals surface area contributed by atoms with Crippen LogP contribution in [0.15, 0.2) is 48.5 Å². The van der Waals surface area contributed by atoms with E-state index in [1.54, 1.807) is 25.2 Å². The highest BCUT2D eigenvalue weighted by Gasteiger charge is 2.38. The van der Waals surface area contributed by atoms with Gasteiger partial charge in [-0.15, -0.1) is 0 Å². The predicted molar refractivity (Wildman–Crippen MR) is 96.2 cm³/mol. The van der Waals surface area contributed by atoms with Crippen LogP contribution >= 0.6 is 0 Å². The molecule has 6 nitrogen and oxygen atoms in total. The predicted octanol–water partition coefficient (Wildman–Crippen LogP) is 1.36. The Hall–Kier alpha value is -2.70. The van der Waals surface area contributed by atoms with E-state index in [0.29, 0.717) is 12.0 Å². The highest BCUT2D eigenvalue weighted by molar-refractivity contribution is 5.94. The zero-order valence-electron chi connectivity index (χ0n) is 14.3. The molecular weight excluding hydrogens is 316 g/mol. The Morgan fingerprint density at radius 2 is 1.84 bits per heavy atom. The van der Waals surface area contributed by atoms with E-state index in [1.165, 1.54) is 4.90 Å². The van der Waals surface area contributed by atoms with Crippen LogP contribution < -0.4 is 16.8 Å². The number of nitrogens with two attached hydrogens (primary N) is 2. The third-order valence-corrected chi connectivity index (χ3v) is 4.76. The summed E-state index contributed by atoms with van der Waals surface area (Å²) in [5.41, 5.74) is 14.1. The van der Waals surface area contributed by atoms with Crippen molar-refractivity contribution in [3.63, 3.8) is 0 Å². The molecule has 1 aliphatic heterocycles. The van der Waals surface area contributed by atoms with E-state index < -0.39 is 17.7 Å². The fourth-order valence-electron chi connectivity index (χ4n) is 3.14. The number of carbonyl (C=O) groups is 2. The summed E-state index contributed by atoms with van der Waals surface area (Å²) in [6.45, 7) is 1.97. The van der Waals surface area contributed by atoms with E-state index in [9.17, 15) is 9.59 Å². The minimum absolute atomic E-state index is 0.00474. The first-order valence-electron chi connectivity index (χ1n) is 8.10. The van der Waals surface area contributed by atoms with Crippen molar-refractivity contribution in [3.8, 4) is 11.1 Å². The van der Waals surface area contributed by atoms with Crippen molar-refractivity contribution in [3.05, 3.63) is 59.7 Å². The normalized spacial score (nSPS) is 23.6. The van der Waals surface area contributed by atoms with Crippen molar-refractivity contribution >= 4 is 11.8 Å². The van der Waals surface area contributed by atoms with E-state index in [0.717, 1.165) is 16.7 Å². The fourth-order valence-corrected chi connectivity index (χ4v) is 3.14. The Kier molecular flexibility index (Phi) is 4.32. The van der Waals surface area contributed by atoms with Crippen molar-refractivity contribution in [1.82, 2.24) is 10.2 Å². The molecule has 1 saturated heterocycles. The Labute approximate surface area is 146 Å². The number of nitrogens with one attached hydrogen (secondary N) is 1. The summed E-state index contributed by atoms with van der Waals surface area (Å²) in [6.07, 6.45) is -0.213. The van der Waals surface area contributed by atoms with Crippen molar-refractivity contribution in [2.75, 3.05) is 7.05 Å². The van der Waals surface area contributed by atoms with Gasteiger partial charge in [0.05, 0.1) is 5.54 Å². The van der Waals surface area contributed by atoms with Gasteiger partial charge in [-0.05, 0) is 41.8 Å². The lowest BCUT2D eigenvalue weighted by atomic mass is 9.85. The average molecular weight is 338 g/mol. The molecule has 1 heterocycles.